The van der Waals surface area contributed by atoms with Gasteiger partial charge in [-0.2, -0.15) is 0 Å². The molecule has 0 saturated carbocycles. The molecular formula is C14H18N6O5S. The first-order valence-electron chi connectivity index (χ1n) is 7.50. The van der Waals surface area contributed by atoms with Crippen LogP contribution in [0.25, 0.3) is 0 Å². The molecular weight excluding hydrogens is 364 g/mol. The van der Waals surface area contributed by atoms with E-state index < -0.39 is 16.1 Å². The maximum Gasteiger partial charge on any atom is 0.412 e. The Hall–Kier alpha value is -2.99. The van der Waals surface area contributed by atoms with Crippen LogP contribution in [0.5, 0.6) is 0 Å². The number of hydrogen-bond acceptors (Lipinski definition) is 7. The Morgan fingerprint density at radius 1 is 1.27 bits per heavy atom. The SMILES string of the molecule is CCOC(=O)Nc1cn(CC(=O)NCc2ccc(S(N)(=O)=O)cc2)nn1. The van der Waals surface area contributed by atoms with Gasteiger partial charge < -0.3 is 10.1 Å². The molecule has 11 nitrogen and oxygen atoms in total. The molecule has 1 aromatic heterocycles. The topological polar surface area (TPSA) is 158 Å². The summed E-state index contributed by atoms with van der Waals surface area (Å²) in [6.45, 7) is 1.99. The molecule has 4 N–H and O–H groups in total. The first kappa shape index (κ1) is 19.3. The number of amides is 2. The van der Waals surface area contributed by atoms with Crippen molar-refractivity contribution in [3.63, 3.8) is 0 Å². The summed E-state index contributed by atoms with van der Waals surface area (Å²) < 4.78 is 28.3. The second kappa shape index (κ2) is 8.40. The van der Waals surface area contributed by atoms with Gasteiger partial charge in [-0.3, -0.25) is 10.1 Å². The van der Waals surface area contributed by atoms with Crippen LogP contribution in [0.15, 0.2) is 35.4 Å². The second-order valence-corrected chi connectivity index (χ2v) is 6.67. The van der Waals surface area contributed by atoms with Crippen LogP contribution < -0.4 is 15.8 Å². The number of primary sulfonamides is 1. The van der Waals surface area contributed by atoms with E-state index in [1.165, 1.54) is 23.0 Å². The van der Waals surface area contributed by atoms with Gasteiger partial charge in [0.05, 0.1) is 17.7 Å². The number of aromatic nitrogens is 3. The van der Waals surface area contributed by atoms with Crippen molar-refractivity contribution in [3.05, 3.63) is 36.0 Å². The molecule has 140 valence electrons. The average molecular weight is 382 g/mol. The average Bonchev–Trinajstić information content (AvgIpc) is 2.99. The van der Waals surface area contributed by atoms with Crippen molar-refractivity contribution in [2.75, 3.05) is 11.9 Å². The fraction of sp³-hybridized carbons (Fsp3) is 0.286. The minimum atomic E-state index is -3.75. The molecule has 12 heteroatoms. The van der Waals surface area contributed by atoms with Gasteiger partial charge in [0, 0.05) is 6.54 Å². The van der Waals surface area contributed by atoms with E-state index in [0.717, 1.165) is 0 Å². The van der Waals surface area contributed by atoms with E-state index in [2.05, 4.69) is 20.9 Å². The predicted molar refractivity (Wildman–Crippen MR) is 90.3 cm³/mol. The van der Waals surface area contributed by atoms with Gasteiger partial charge in [0.2, 0.25) is 15.9 Å². The van der Waals surface area contributed by atoms with Crippen molar-refractivity contribution >= 4 is 27.8 Å². The van der Waals surface area contributed by atoms with E-state index >= 15 is 0 Å². The van der Waals surface area contributed by atoms with Crippen LogP contribution in [0.4, 0.5) is 10.6 Å². The lowest BCUT2D eigenvalue weighted by atomic mass is 10.2. The third-order valence-corrected chi connectivity index (χ3v) is 4.02. The van der Waals surface area contributed by atoms with Crippen molar-refractivity contribution in [1.82, 2.24) is 20.3 Å². The molecule has 2 amide bonds. The Balaban J connectivity index is 1.83. The summed E-state index contributed by atoms with van der Waals surface area (Å²) >= 11 is 0. The van der Waals surface area contributed by atoms with Crippen LogP contribution in [0.2, 0.25) is 0 Å². The van der Waals surface area contributed by atoms with Gasteiger partial charge >= 0.3 is 6.09 Å². The lowest BCUT2D eigenvalue weighted by molar-refractivity contribution is -0.122. The zero-order chi connectivity index (χ0) is 19.2. The zero-order valence-electron chi connectivity index (χ0n) is 13.9. The molecule has 0 atom stereocenters. The van der Waals surface area contributed by atoms with Crippen LogP contribution in [-0.4, -0.2) is 42.0 Å². The standard InChI is InChI=1S/C14H18N6O5S/c1-2-25-14(22)17-12-8-20(19-18-12)9-13(21)16-7-10-3-5-11(6-4-10)26(15,23)24/h3-6,8H,2,7,9H2,1H3,(H,16,21)(H,17,22)(H2,15,23,24). The number of sulfonamides is 1. The maximum atomic E-state index is 11.9. The van der Waals surface area contributed by atoms with Gasteiger partial charge in [-0.05, 0) is 24.6 Å². The van der Waals surface area contributed by atoms with Gasteiger partial charge in [-0.25, -0.2) is 23.0 Å². The zero-order valence-corrected chi connectivity index (χ0v) is 14.7. The van der Waals surface area contributed by atoms with Crippen LogP contribution >= 0.6 is 0 Å². The highest BCUT2D eigenvalue weighted by Crippen LogP contribution is 2.08. The number of nitrogens with zero attached hydrogens (tertiary/aromatic N) is 3. The number of rotatable bonds is 7. The third-order valence-electron chi connectivity index (χ3n) is 3.09. The smallest absolute Gasteiger partial charge is 0.412 e. The van der Waals surface area contributed by atoms with E-state index in [1.807, 2.05) is 0 Å². The lowest BCUT2D eigenvalue weighted by Crippen LogP contribution is -2.27. The first-order chi connectivity index (χ1) is 12.3. The van der Waals surface area contributed by atoms with E-state index in [0.29, 0.717) is 5.56 Å². The summed E-state index contributed by atoms with van der Waals surface area (Å²) in [7, 11) is -3.75. The van der Waals surface area contributed by atoms with Crippen LogP contribution in [0.1, 0.15) is 12.5 Å². The Morgan fingerprint density at radius 2 is 1.96 bits per heavy atom. The lowest BCUT2D eigenvalue weighted by Gasteiger charge is -2.06. The maximum absolute atomic E-state index is 11.9. The van der Waals surface area contributed by atoms with Crippen LogP contribution in [0, 0.1) is 0 Å². The number of benzene rings is 1. The van der Waals surface area contributed by atoms with Gasteiger partial charge in [0.1, 0.15) is 6.54 Å². The summed E-state index contributed by atoms with van der Waals surface area (Å²) in [4.78, 5) is 23.2. The molecule has 1 aromatic carbocycles. The van der Waals surface area contributed by atoms with Crippen molar-refractivity contribution in [3.8, 4) is 0 Å². The highest BCUT2D eigenvalue weighted by Gasteiger charge is 2.10. The molecule has 0 bridgehead atoms. The Labute approximate surface area is 149 Å². The number of carbonyl (C=O) groups excluding carboxylic acids is 2. The number of anilines is 1. The molecule has 0 aliphatic carbocycles. The highest BCUT2D eigenvalue weighted by atomic mass is 32.2. The summed E-state index contributed by atoms with van der Waals surface area (Å²) in [5.74, 6) is -0.178. The molecule has 0 aliphatic heterocycles. The van der Waals surface area contributed by atoms with E-state index in [9.17, 15) is 18.0 Å². The largest absolute Gasteiger partial charge is 0.450 e. The van der Waals surface area contributed by atoms with Gasteiger partial charge in [0.15, 0.2) is 5.82 Å². The van der Waals surface area contributed by atoms with Crippen LogP contribution in [-0.2, 0) is 32.6 Å². The quantitative estimate of drug-likeness (QED) is 0.598. The van der Waals surface area contributed by atoms with Crippen molar-refractivity contribution in [2.45, 2.75) is 24.9 Å². The molecule has 0 saturated heterocycles. The fourth-order valence-electron chi connectivity index (χ4n) is 1.91. The molecule has 0 unspecified atom stereocenters. The van der Waals surface area contributed by atoms with Crippen molar-refractivity contribution < 1.29 is 22.7 Å². The van der Waals surface area contributed by atoms with Crippen molar-refractivity contribution in [1.29, 1.82) is 0 Å². The first-order valence-corrected chi connectivity index (χ1v) is 9.05. The minimum absolute atomic E-state index is 0.00294. The number of ether oxygens (including phenoxy) is 1. The molecule has 0 spiro atoms. The Kier molecular flexibility index (Phi) is 6.25. The third kappa shape index (κ3) is 5.82. The molecule has 0 fully saturated rings. The Morgan fingerprint density at radius 3 is 2.58 bits per heavy atom. The van der Waals surface area contributed by atoms with Gasteiger partial charge in [-0.15, -0.1) is 5.10 Å². The normalized spacial score (nSPS) is 11.0. The fourth-order valence-corrected chi connectivity index (χ4v) is 2.42. The Bertz CT molecular complexity index is 877. The van der Waals surface area contributed by atoms with E-state index in [-0.39, 0.29) is 36.3 Å². The van der Waals surface area contributed by atoms with Gasteiger partial charge in [-0.1, -0.05) is 17.3 Å². The molecule has 0 radical (unpaired) electrons. The number of carbonyl (C=O) groups is 2. The summed E-state index contributed by atoms with van der Waals surface area (Å²) in [6, 6.07) is 5.83. The summed E-state index contributed by atoms with van der Waals surface area (Å²) in [6.07, 6.45) is 0.726. The van der Waals surface area contributed by atoms with Crippen LogP contribution in [0.3, 0.4) is 0 Å². The number of hydrogen-bond donors (Lipinski definition) is 3. The number of nitrogens with two attached hydrogens (primary N) is 1. The second-order valence-electron chi connectivity index (χ2n) is 5.11. The molecule has 26 heavy (non-hydrogen) atoms. The predicted octanol–water partition coefficient (Wildman–Crippen LogP) is -0.190. The highest BCUT2D eigenvalue weighted by molar-refractivity contribution is 7.89. The van der Waals surface area contributed by atoms with E-state index in [4.69, 9.17) is 9.88 Å². The molecule has 2 rings (SSSR count). The molecule has 2 aromatic rings. The summed E-state index contributed by atoms with van der Waals surface area (Å²) in [5.41, 5.74) is 0.703. The number of nitrogens with one attached hydrogen (secondary N) is 2. The summed E-state index contributed by atoms with van der Waals surface area (Å²) in [5, 5.41) is 17.5. The molecule has 0 aliphatic rings. The van der Waals surface area contributed by atoms with Gasteiger partial charge in [0.25, 0.3) is 0 Å². The monoisotopic (exact) mass is 382 g/mol. The molecule has 1 heterocycles. The van der Waals surface area contributed by atoms with E-state index in [1.54, 1.807) is 19.1 Å². The van der Waals surface area contributed by atoms with Crippen molar-refractivity contribution in [2.24, 2.45) is 5.14 Å². The minimum Gasteiger partial charge on any atom is -0.450 e.